The van der Waals surface area contributed by atoms with Crippen LogP contribution < -0.4 is 20.1 Å². The Morgan fingerprint density at radius 3 is 2.47 bits per heavy atom. The molecule has 10 heteroatoms. The average Bonchev–Trinajstić information content (AvgIpc) is 2.99. The zero-order valence-corrected chi connectivity index (χ0v) is 25.7. The predicted octanol–water partition coefficient (Wildman–Crippen LogP) is 4.50. The molecule has 43 heavy (non-hydrogen) atoms. The van der Waals surface area contributed by atoms with Crippen LogP contribution in [0.3, 0.4) is 0 Å². The molecule has 0 heterocycles. The van der Waals surface area contributed by atoms with Crippen LogP contribution in [0.2, 0.25) is 0 Å². The van der Waals surface area contributed by atoms with Gasteiger partial charge >= 0.3 is 5.97 Å². The van der Waals surface area contributed by atoms with Gasteiger partial charge in [0.15, 0.2) is 5.78 Å². The SMILES string of the molecule is COc1ccc(OCC2=CC=CCC2)cc1CC(=O)N[C@H](C(=O)NC(CC(=O)O)C(=O)CSCc1ccccc1)C(C)C. The van der Waals surface area contributed by atoms with Gasteiger partial charge in [-0.15, -0.1) is 11.8 Å². The van der Waals surface area contributed by atoms with Crippen molar-refractivity contribution in [1.29, 1.82) is 0 Å². The van der Waals surface area contributed by atoms with Crippen LogP contribution in [0.25, 0.3) is 0 Å². The lowest BCUT2D eigenvalue weighted by Gasteiger charge is -2.25. The Morgan fingerprint density at radius 1 is 1.05 bits per heavy atom. The van der Waals surface area contributed by atoms with Gasteiger partial charge in [-0.05, 0) is 48.1 Å². The number of ketones is 1. The zero-order valence-electron chi connectivity index (χ0n) is 24.8. The van der Waals surface area contributed by atoms with Gasteiger partial charge in [-0.1, -0.05) is 62.4 Å². The van der Waals surface area contributed by atoms with Crippen molar-refractivity contribution in [3.63, 3.8) is 0 Å². The number of carboxylic acids is 1. The first-order valence-corrected chi connectivity index (χ1v) is 15.4. The first-order valence-electron chi connectivity index (χ1n) is 14.3. The fourth-order valence-electron chi connectivity index (χ4n) is 4.49. The number of Topliss-reactive ketones (excluding diaryl/α,β-unsaturated/α-hetero) is 1. The van der Waals surface area contributed by atoms with Crippen molar-refractivity contribution >= 4 is 35.3 Å². The molecule has 230 valence electrons. The van der Waals surface area contributed by atoms with Gasteiger partial charge in [0.25, 0.3) is 0 Å². The van der Waals surface area contributed by atoms with Crippen LogP contribution >= 0.6 is 11.8 Å². The van der Waals surface area contributed by atoms with Crippen molar-refractivity contribution in [3.05, 3.63) is 83.5 Å². The highest BCUT2D eigenvalue weighted by Gasteiger charge is 2.30. The van der Waals surface area contributed by atoms with E-state index in [1.807, 2.05) is 42.5 Å². The third-order valence-electron chi connectivity index (χ3n) is 6.83. The maximum atomic E-state index is 13.2. The van der Waals surface area contributed by atoms with Gasteiger partial charge in [-0.2, -0.15) is 0 Å². The smallest absolute Gasteiger partial charge is 0.305 e. The Labute approximate surface area is 257 Å². The first kappa shape index (κ1) is 33.5. The maximum Gasteiger partial charge on any atom is 0.305 e. The third-order valence-corrected chi connectivity index (χ3v) is 7.86. The Morgan fingerprint density at radius 2 is 1.81 bits per heavy atom. The number of methoxy groups -OCH3 is 1. The molecule has 1 unspecified atom stereocenters. The van der Waals surface area contributed by atoms with Crippen molar-refractivity contribution in [3.8, 4) is 11.5 Å². The van der Waals surface area contributed by atoms with Crippen molar-refractivity contribution in [2.75, 3.05) is 19.5 Å². The number of allylic oxidation sites excluding steroid dienone is 3. The number of amides is 2. The molecule has 0 saturated carbocycles. The number of aliphatic carboxylic acids is 1. The summed E-state index contributed by atoms with van der Waals surface area (Å²) in [6.45, 7) is 3.97. The summed E-state index contributed by atoms with van der Waals surface area (Å²) >= 11 is 1.35. The molecule has 1 aliphatic carbocycles. The van der Waals surface area contributed by atoms with Crippen molar-refractivity contribution < 1.29 is 33.8 Å². The topological polar surface area (TPSA) is 131 Å². The van der Waals surface area contributed by atoms with E-state index < -0.39 is 42.1 Å². The Bertz CT molecular complexity index is 1320. The minimum Gasteiger partial charge on any atom is -0.496 e. The summed E-state index contributed by atoms with van der Waals surface area (Å²) in [4.78, 5) is 50.8. The zero-order chi connectivity index (χ0) is 31.2. The highest BCUT2D eigenvalue weighted by atomic mass is 32.2. The quantitative estimate of drug-likeness (QED) is 0.239. The number of carbonyl (C=O) groups is 4. The molecule has 2 aromatic carbocycles. The molecule has 2 atom stereocenters. The van der Waals surface area contributed by atoms with Crippen LogP contribution in [0.1, 0.15) is 44.2 Å². The largest absolute Gasteiger partial charge is 0.496 e. The van der Waals surface area contributed by atoms with Crippen LogP contribution in [-0.4, -0.2) is 60.2 Å². The second-order valence-electron chi connectivity index (χ2n) is 10.6. The number of hydrogen-bond donors (Lipinski definition) is 3. The van der Waals surface area contributed by atoms with E-state index >= 15 is 0 Å². The number of carboxylic acid groups (broad SMARTS) is 1. The lowest BCUT2D eigenvalue weighted by molar-refractivity contribution is -0.140. The first-order chi connectivity index (χ1) is 20.7. The molecule has 2 aromatic rings. The fraction of sp³-hybridized carbons (Fsp3) is 0.394. The molecule has 9 nitrogen and oxygen atoms in total. The van der Waals surface area contributed by atoms with Crippen molar-refractivity contribution in [2.45, 2.75) is 57.4 Å². The Kier molecular flexibility index (Phi) is 13.3. The maximum absolute atomic E-state index is 13.2. The molecule has 1 aliphatic rings. The molecule has 0 aromatic heterocycles. The van der Waals surface area contributed by atoms with E-state index in [4.69, 9.17) is 9.47 Å². The average molecular weight is 609 g/mol. The molecular formula is C33H40N2O7S. The molecule has 0 aliphatic heterocycles. The van der Waals surface area contributed by atoms with Crippen LogP contribution in [0.5, 0.6) is 11.5 Å². The number of ether oxygens (including phenoxy) is 2. The molecule has 0 saturated heterocycles. The van der Waals surface area contributed by atoms with E-state index in [0.717, 1.165) is 18.4 Å². The lowest BCUT2D eigenvalue weighted by atomic mass is 10.0. The van der Waals surface area contributed by atoms with E-state index in [1.165, 1.54) is 24.4 Å². The van der Waals surface area contributed by atoms with Gasteiger partial charge in [0.2, 0.25) is 11.8 Å². The summed E-state index contributed by atoms with van der Waals surface area (Å²) in [5, 5.41) is 14.7. The molecule has 0 bridgehead atoms. The molecule has 3 rings (SSSR count). The van der Waals surface area contributed by atoms with Gasteiger partial charge in [0.1, 0.15) is 24.1 Å². The van der Waals surface area contributed by atoms with Crippen molar-refractivity contribution in [2.24, 2.45) is 5.92 Å². The molecule has 3 N–H and O–H groups in total. The Balaban J connectivity index is 1.61. The highest BCUT2D eigenvalue weighted by molar-refractivity contribution is 7.99. The fourth-order valence-corrected chi connectivity index (χ4v) is 5.42. The van der Waals surface area contributed by atoms with E-state index in [9.17, 15) is 24.3 Å². The van der Waals surface area contributed by atoms with E-state index in [0.29, 0.717) is 29.4 Å². The van der Waals surface area contributed by atoms with Gasteiger partial charge < -0.3 is 25.2 Å². The standard InChI is InChI=1S/C33H40N2O7S/c1-22(2)32(33(40)34-27(18-31(38)39)28(36)21-43-20-24-12-8-5-9-13-24)35-30(37)17-25-16-26(14-15-29(25)41-3)42-19-23-10-6-4-7-11-23/h4-6,8-10,12-16,22,27,32H,7,11,17-21H2,1-3H3,(H,34,40)(H,35,37)(H,38,39)/t27?,32-/m0/s1. The van der Waals surface area contributed by atoms with Crippen LogP contribution in [-0.2, 0) is 31.4 Å². The summed E-state index contributed by atoms with van der Waals surface area (Å²) in [6, 6.07) is 12.7. The monoisotopic (exact) mass is 608 g/mol. The molecule has 0 radical (unpaired) electrons. The Hall–Kier alpha value is -4.05. The van der Waals surface area contributed by atoms with Crippen LogP contribution in [0.15, 0.2) is 72.3 Å². The van der Waals surface area contributed by atoms with E-state index in [-0.39, 0.29) is 18.1 Å². The summed E-state index contributed by atoms with van der Waals surface area (Å²) in [6.07, 6.45) is 7.45. The molecular weight excluding hydrogens is 568 g/mol. The highest BCUT2D eigenvalue weighted by Crippen LogP contribution is 2.26. The van der Waals surface area contributed by atoms with Gasteiger partial charge in [-0.3, -0.25) is 19.2 Å². The minimum absolute atomic E-state index is 0.0397. The van der Waals surface area contributed by atoms with Gasteiger partial charge in [-0.25, -0.2) is 0 Å². The second-order valence-corrected chi connectivity index (χ2v) is 11.6. The number of nitrogens with one attached hydrogen (secondary N) is 2. The molecule has 2 amide bonds. The van der Waals surface area contributed by atoms with Crippen molar-refractivity contribution in [1.82, 2.24) is 10.6 Å². The van der Waals surface area contributed by atoms with Crippen LogP contribution in [0.4, 0.5) is 0 Å². The summed E-state index contributed by atoms with van der Waals surface area (Å²) in [5.74, 6) is -1.25. The molecule has 0 spiro atoms. The third kappa shape index (κ3) is 11.3. The minimum atomic E-state index is -1.21. The lowest BCUT2D eigenvalue weighted by Crippen LogP contribution is -2.54. The summed E-state index contributed by atoms with van der Waals surface area (Å²) < 4.78 is 11.4. The summed E-state index contributed by atoms with van der Waals surface area (Å²) in [7, 11) is 1.51. The van der Waals surface area contributed by atoms with Gasteiger partial charge in [0.05, 0.1) is 31.7 Å². The second kappa shape index (κ2) is 17.2. The van der Waals surface area contributed by atoms with E-state index in [1.54, 1.807) is 32.0 Å². The molecule has 0 fully saturated rings. The number of carbonyl (C=O) groups excluding carboxylic acids is 3. The normalized spacial score (nSPS) is 13.9. The number of hydrogen-bond acceptors (Lipinski definition) is 7. The predicted molar refractivity (Wildman–Crippen MR) is 167 cm³/mol. The number of thioether (sulfide) groups is 1. The van der Waals surface area contributed by atoms with Gasteiger partial charge in [0, 0.05) is 11.3 Å². The summed E-state index contributed by atoms with van der Waals surface area (Å²) in [5.41, 5.74) is 2.81. The number of rotatable bonds is 17. The van der Waals surface area contributed by atoms with E-state index in [2.05, 4.69) is 16.7 Å². The number of benzene rings is 2. The van der Waals surface area contributed by atoms with Crippen LogP contribution in [0, 0.1) is 5.92 Å².